The molecule has 0 aliphatic heterocycles. The van der Waals surface area contributed by atoms with E-state index >= 15 is 0 Å². The Labute approximate surface area is 106 Å². The molecule has 94 valence electrons. The van der Waals surface area contributed by atoms with Crippen LogP contribution in [0.25, 0.3) is 11.0 Å². The first-order chi connectivity index (χ1) is 8.74. The summed E-state index contributed by atoms with van der Waals surface area (Å²) in [7, 11) is 2.01. The molecule has 1 aliphatic rings. The lowest BCUT2D eigenvalue weighted by atomic mass is 10.1. The molecule has 0 spiro atoms. The van der Waals surface area contributed by atoms with E-state index in [2.05, 4.69) is 4.90 Å². The van der Waals surface area contributed by atoms with Crippen molar-refractivity contribution in [3.8, 4) is 0 Å². The zero-order valence-electron chi connectivity index (χ0n) is 10.6. The first kappa shape index (κ1) is 11.5. The average Bonchev–Trinajstić information content (AvgIpc) is 3.06. The highest BCUT2D eigenvalue weighted by molar-refractivity contribution is 6.08. The molecule has 0 N–H and O–H groups in total. The van der Waals surface area contributed by atoms with E-state index in [9.17, 15) is 4.79 Å². The molecular formula is C15H17NO2. The minimum atomic E-state index is 0.142. The maximum absolute atomic E-state index is 12.2. The second-order valence-electron chi connectivity index (χ2n) is 5.21. The van der Waals surface area contributed by atoms with E-state index in [0.717, 1.165) is 23.4 Å². The minimum absolute atomic E-state index is 0.142. The summed E-state index contributed by atoms with van der Waals surface area (Å²) in [6, 6.07) is 7.68. The number of likely N-dealkylation sites (N-methyl/N-ethyl adjacent to an activating group) is 1. The van der Waals surface area contributed by atoms with Gasteiger partial charge in [-0.1, -0.05) is 18.2 Å². The Bertz CT molecular complexity index is 569. The Morgan fingerprint density at radius 1 is 1.39 bits per heavy atom. The number of ketones is 1. The van der Waals surface area contributed by atoms with Crippen LogP contribution < -0.4 is 0 Å². The van der Waals surface area contributed by atoms with Crippen molar-refractivity contribution in [1.82, 2.24) is 4.90 Å². The molecule has 0 amide bonds. The van der Waals surface area contributed by atoms with Crippen molar-refractivity contribution >= 4 is 16.8 Å². The van der Waals surface area contributed by atoms with Crippen molar-refractivity contribution in [3.63, 3.8) is 0 Å². The summed E-state index contributed by atoms with van der Waals surface area (Å²) in [6.07, 6.45) is 4.21. The van der Waals surface area contributed by atoms with Gasteiger partial charge < -0.3 is 4.42 Å². The van der Waals surface area contributed by atoms with E-state index in [-0.39, 0.29) is 5.78 Å². The molecule has 0 bridgehead atoms. The molecule has 2 aromatic rings. The average molecular weight is 243 g/mol. The molecule has 3 rings (SSSR count). The van der Waals surface area contributed by atoms with Gasteiger partial charge in [-0.25, -0.2) is 0 Å². The molecule has 1 aliphatic carbocycles. The number of benzene rings is 1. The van der Waals surface area contributed by atoms with Gasteiger partial charge in [0.05, 0.1) is 12.1 Å². The monoisotopic (exact) mass is 243 g/mol. The van der Waals surface area contributed by atoms with Crippen LogP contribution in [0.4, 0.5) is 0 Å². The smallest absolute Gasteiger partial charge is 0.180 e. The standard InChI is InChI=1S/C15H17NO2/c1-16(8-11-6-7-11)9-14(17)13-10-18-15-5-3-2-4-12(13)15/h2-5,10-11H,6-9H2,1H3. The third-order valence-electron chi connectivity index (χ3n) is 3.46. The number of Topliss-reactive ketones (excluding diaryl/α,β-unsaturated/α-hetero) is 1. The van der Waals surface area contributed by atoms with Gasteiger partial charge in [0.2, 0.25) is 0 Å². The van der Waals surface area contributed by atoms with Gasteiger partial charge in [0.25, 0.3) is 0 Å². The molecule has 0 atom stereocenters. The Hall–Kier alpha value is -1.61. The SMILES string of the molecule is CN(CC(=O)c1coc2ccccc12)CC1CC1. The lowest BCUT2D eigenvalue weighted by Crippen LogP contribution is -2.27. The molecule has 1 fully saturated rings. The first-order valence-electron chi connectivity index (χ1n) is 6.42. The Morgan fingerprint density at radius 3 is 2.94 bits per heavy atom. The number of hydrogen-bond donors (Lipinski definition) is 0. The van der Waals surface area contributed by atoms with Crippen LogP contribution in [0.2, 0.25) is 0 Å². The van der Waals surface area contributed by atoms with E-state index in [4.69, 9.17) is 4.42 Å². The third kappa shape index (κ3) is 2.31. The zero-order chi connectivity index (χ0) is 12.5. The molecule has 1 aromatic carbocycles. The van der Waals surface area contributed by atoms with Crippen LogP contribution in [0.15, 0.2) is 34.9 Å². The molecule has 0 radical (unpaired) electrons. The van der Waals surface area contributed by atoms with E-state index < -0.39 is 0 Å². The van der Waals surface area contributed by atoms with Crippen molar-refractivity contribution < 1.29 is 9.21 Å². The second-order valence-corrected chi connectivity index (χ2v) is 5.21. The molecule has 3 nitrogen and oxygen atoms in total. The van der Waals surface area contributed by atoms with Gasteiger partial charge in [0.1, 0.15) is 11.8 Å². The normalized spacial score (nSPS) is 15.4. The predicted octanol–water partition coefficient (Wildman–Crippen LogP) is 2.96. The van der Waals surface area contributed by atoms with Crippen LogP contribution in [0, 0.1) is 5.92 Å². The van der Waals surface area contributed by atoms with Gasteiger partial charge in [-0.3, -0.25) is 9.69 Å². The van der Waals surface area contributed by atoms with Gasteiger partial charge in [0.15, 0.2) is 5.78 Å². The molecule has 0 unspecified atom stereocenters. The summed E-state index contributed by atoms with van der Waals surface area (Å²) in [4.78, 5) is 14.3. The number of furan rings is 1. The number of carbonyl (C=O) groups excluding carboxylic acids is 1. The van der Waals surface area contributed by atoms with Gasteiger partial charge >= 0.3 is 0 Å². The Morgan fingerprint density at radius 2 is 2.17 bits per heavy atom. The fourth-order valence-corrected chi connectivity index (χ4v) is 2.33. The lowest BCUT2D eigenvalue weighted by molar-refractivity contribution is 0.0945. The van der Waals surface area contributed by atoms with Crippen molar-refractivity contribution in [2.45, 2.75) is 12.8 Å². The van der Waals surface area contributed by atoms with E-state index in [1.54, 1.807) is 6.26 Å². The number of carbonyl (C=O) groups is 1. The third-order valence-corrected chi connectivity index (χ3v) is 3.46. The second kappa shape index (κ2) is 4.58. The molecule has 1 aromatic heterocycles. The highest BCUT2D eigenvalue weighted by atomic mass is 16.3. The summed E-state index contributed by atoms with van der Waals surface area (Å²) in [5.41, 5.74) is 1.49. The summed E-state index contributed by atoms with van der Waals surface area (Å²) in [5, 5.41) is 0.919. The number of nitrogens with zero attached hydrogens (tertiary/aromatic N) is 1. The summed E-state index contributed by atoms with van der Waals surface area (Å²) in [6.45, 7) is 1.50. The van der Waals surface area contributed by atoms with Crippen LogP contribution in [0.1, 0.15) is 23.2 Å². The summed E-state index contributed by atoms with van der Waals surface area (Å²) in [5.74, 6) is 0.951. The van der Waals surface area contributed by atoms with Crippen molar-refractivity contribution in [1.29, 1.82) is 0 Å². The molecule has 18 heavy (non-hydrogen) atoms. The molecule has 0 saturated heterocycles. The number of para-hydroxylation sites is 1. The lowest BCUT2D eigenvalue weighted by Gasteiger charge is -2.14. The predicted molar refractivity (Wildman–Crippen MR) is 70.8 cm³/mol. The van der Waals surface area contributed by atoms with Crippen LogP contribution in [0.5, 0.6) is 0 Å². The van der Waals surface area contributed by atoms with E-state index in [1.165, 1.54) is 12.8 Å². The fraction of sp³-hybridized carbons (Fsp3) is 0.400. The van der Waals surface area contributed by atoms with Gasteiger partial charge in [-0.05, 0) is 31.9 Å². The summed E-state index contributed by atoms with van der Waals surface area (Å²) < 4.78 is 5.41. The fourth-order valence-electron chi connectivity index (χ4n) is 2.33. The number of rotatable bonds is 5. The maximum Gasteiger partial charge on any atom is 0.180 e. The molecule has 1 heterocycles. The van der Waals surface area contributed by atoms with Crippen LogP contribution >= 0.6 is 0 Å². The Kier molecular flexibility index (Phi) is 2.92. The summed E-state index contributed by atoms with van der Waals surface area (Å²) >= 11 is 0. The van der Waals surface area contributed by atoms with Gasteiger partial charge in [-0.2, -0.15) is 0 Å². The van der Waals surface area contributed by atoms with Crippen molar-refractivity contribution in [2.24, 2.45) is 5.92 Å². The highest BCUT2D eigenvalue weighted by Crippen LogP contribution is 2.29. The first-order valence-corrected chi connectivity index (χ1v) is 6.42. The van der Waals surface area contributed by atoms with Crippen LogP contribution in [-0.2, 0) is 0 Å². The van der Waals surface area contributed by atoms with Crippen LogP contribution in [-0.4, -0.2) is 30.8 Å². The molecule has 1 saturated carbocycles. The largest absolute Gasteiger partial charge is 0.464 e. The van der Waals surface area contributed by atoms with Gasteiger partial charge in [0, 0.05) is 11.9 Å². The van der Waals surface area contributed by atoms with Crippen LogP contribution in [0.3, 0.4) is 0 Å². The topological polar surface area (TPSA) is 33.5 Å². The van der Waals surface area contributed by atoms with Crippen molar-refractivity contribution in [3.05, 3.63) is 36.1 Å². The maximum atomic E-state index is 12.2. The van der Waals surface area contributed by atoms with Crippen molar-refractivity contribution in [2.75, 3.05) is 20.1 Å². The quantitative estimate of drug-likeness (QED) is 0.757. The molecule has 3 heteroatoms. The number of hydrogen-bond acceptors (Lipinski definition) is 3. The van der Waals surface area contributed by atoms with Gasteiger partial charge in [-0.15, -0.1) is 0 Å². The van der Waals surface area contributed by atoms with E-state index in [1.807, 2.05) is 31.3 Å². The minimum Gasteiger partial charge on any atom is -0.464 e. The highest BCUT2D eigenvalue weighted by Gasteiger charge is 2.24. The molecular weight excluding hydrogens is 226 g/mol. The number of fused-ring (bicyclic) bond motifs is 1. The zero-order valence-corrected chi connectivity index (χ0v) is 10.6. The Balaban J connectivity index is 1.74. The van der Waals surface area contributed by atoms with E-state index in [0.29, 0.717) is 12.1 Å².